The van der Waals surface area contributed by atoms with Gasteiger partial charge in [-0.25, -0.2) is 15.0 Å². The van der Waals surface area contributed by atoms with Crippen LogP contribution in [0, 0.1) is 0 Å². The van der Waals surface area contributed by atoms with Gasteiger partial charge in [0.2, 0.25) is 5.91 Å². The third-order valence-corrected chi connectivity index (χ3v) is 5.16. The summed E-state index contributed by atoms with van der Waals surface area (Å²) in [4.78, 5) is 27.4. The average Bonchev–Trinajstić information content (AvgIpc) is 3.18. The van der Waals surface area contributed by atoms with Gasteiger partial charge in [-0.05, 0) is 24.3 Å². The predicted molar refractivity (Wildman–Crippen MR) is 109 cm³/mol. The Labute approximate surface area is 166 Å². The second-order valence-electron chi connectivity index (χ2n) is 6.16. The van der Waals surface area contributed by atoms with Crippen LogP contribution < -0.4 is 20.3 Å². The van der Waals surface area contributed by atoms with Crippen molar-refractivity contribution in [2.45, 2.75) is 6.42 Å². The molecule has 1 aliphatic rings. The molecule has 3 aromatic heterocycles. The first kappa shape index (κ1) is 18.3. The lowest BCUT2D eigenvalue weighted by molar-refractivity contribution is -0.118. The second-order valence-corrected chi connectivity index (χ2v) is 7.05. The van der Waals surface area contributed by atoms with Crippen molar-refractivity contribution in [3.05, 3.63) is 42.0 Å². The molecule has 3 aromatic rings. The summed E-state index contributed by atoms with van der Waals surface area (Å²) in [6, 6.07) is 7.44. The number of carbonyl (C=O) groups excluding carboxylic acids is 1. The van der Waals surface area contributed by atoms with E-state index in [4.69, 9.17) is 4.74 Å². The highest BCUT2D eigenvalue weighted by molar-refractivity contribution is 7.13. The summed E-state index contributed by atoms with van der Waals surface area (Å²) >= 11 is 1.52. The summed E-state index contributed by atoms with van der Waals surface area (Å²) in [6.45, 7) is 2.12. The molecule has 0 atom stereocenters. The van der Waals surface area contributed by atoms with Crippen LogP contribution in [0.15, 0.2) is 42.0 Å². The topological polar surface area (TPSA) is 92.3 Å². The van der Waals surface area contributed by atoms with E-state index in [0.717, 1.165) is 22.9 Å². The number of thiazole rings is 1. The minimum Gasteiger partial charge on any atom is -0.493 e. The number of rotatable bonds is 5. The van der Waals surface area contributed by atoms with Gasteiger partial charge in [0.05, 0.1) is 19.0 Å². The summed E-state index contributed by atoms with van der Waals surface area (Å²) in [5, 5.41) is 9.17. The Hall–Kier alpha value is -3.04. The van der Waals surface area contributed by atoms with E-state index in [2.05, 4.69) is 25.6 Å². The zero-order chi connectivity index (χ0) is 19.3. The molecule has 0 spiro atoms. The van der Waals surface area contributed by atoms with Gasteiger partial charge in [-0.1, -0.05) is 0 Å². The number of hydrogen-bond donors (Lipinski definition) is 2. The Balaban J connectivity index is 1.55. The van der Waals surface area contributed by atoms with E-state index in [9.17, 15) is 4.79 Å². The fraction of sp³-hybridized carbons (Fsp3) is 0.263. The zero-order valence-corrected chi connectivity index (χ0v) is 16.2. The lowest BCUT2D eigenvalue weighted by Gasteiger charge is -2.20. The third-order valence-electron chi connectivity index (χ3n) is 4.36. The van der Waals surface area contributed by atoms with Crippen LogP contribution in [0.25, 0.3) is 10.7 Å². The summed E-state index contributed by atoms with van der Waals surface area (Å²) in [5.41, 5.74) is 1.55. The lowest BCUT2D eigenvalue weighted by atomic mass is 10.3. The average molecular weight is 396 g/mol. The van der Waals surface area contributed by atoms with Gasteiger partial charge in [0.15, 0.2) is 11.6 Å². The van der Waals surface area contributed by atoms with E-state index in [1.807, 2.05) is 29.6 Å². The molecule has 28 heavy (non-hydrogen) atoms. The molecule has 0 saturated carbocycles. The van der Waals surface area contributed by atoms with Crippen molar-refractivity contribution in [3.63, 3.8) is 0 Å². The number of ether oxygens (including phenoxy) is 1. The second kappa shape index (κ2) is 8.32. The normalized spacial score (nSPS) is 14.6. The Morgan fingerprint density at radius 1 is 1.21 bits per heavy atom. The molecule has 2 N–H and O–H groups in total. The van der Waals surface area contributed by atoms with Gasteiger partial charge in [-0.3, -0.25) is 4.79 Å². The number of hydrogen-bond acceptors (Lipinski definition) is 8. The van der Waals surface area contributed by atoms with Gasteiger partial charge < -0.3 is 20.3 Å². The third kappa shape index (κ3) is 3.95. The molecule has 1 amide bonds. The van der Waals surface area contributed by atoms with Crippen LogP contribution in [0.4, 0.5) is 17.3 Å². The number of amides is 1. The summed E-state index contributed by atoms with van der Waals surface area (Å²) < 4.78 is 5.41. The van der Waals surface area contributed by atoms with Crippen LogP contribution >= 0.6 is 11.3 Å². The molecule has 1 aliphatic heterocycles. The van der Waals surface area contributed by atoms with Crippen molar-refractivity contribution in [2.75, 3.05) is 37.0 Å². The van der Waals surface area contributed by atoms with Crippen LogP contribution in [0.3, 0.4) is 0 Å². The first-order chi connectivity index (χ1) is 13.7. The number of aromatic nitrogens is 3. The molecular weight excluding hydrogens is 376 g/mol. The highest BCUT2D eigenvalue weighted by atomic mass is 32.1. The fourth-order valence-electron chi connectivity index (χ4n) is 2.95. The number of carbonyl (C=O) groups is 1. The minimum absolute atomic E-state index is 0.104. The Bertz CT molecular complexity index is 946. The van der Waals surface area contributed by atoms with Crippen molar-refractivity contribution < 1.29 is 9.53 Å². The molecule has 4 rings (SSSR count). The zero-order valence-electron chi connectivity index (χ0n) is 15.4. The molecule has 0 radical (unpaired) electrons. The summed E-state index contributed by atoms with van der Waals surface area (Å²) in [6.07, 6.45) is 3.94. The largest absolute Gasteiger partial charge is 0.493 e. The molecule has 144 valence electrons. The van der Waals surface area contributed by atoms with E-state index in [-0.39, 0.29) is 5.91 Å². The maximum atomic E-state index is 12.2. The first-order valence-electron chi connectivity index (χ1n) is 8.93. The van der Waals surface area contributed by atoms with Crippen LogP contribution in [0.5, 0.6) is 5.75 Å². The van der Waals surface area contributed by atoms with Crippen molar-refractivity contribution in [1.29, 1.82) is 0 Å². The van der Waals surface area contributed by atoms with E-state index in [0.29, 0.717) is 36.9 Å². The Morgan fingerprint density at radius 3 is 2.89 bits per heavy atom. The van der Waals surface area contributed by atoms with Crippen molar-refractivity contribution in [2.24, 2.45) is 0 Å². The lowest BCUT2D eigenvalue weighted by Crippen LogP contribution is -2.32. The standard InChI is InChI=1S/C19H20N6O2S/c1-27-15-4-3-14(19-21-9-11-28-19)23-18(15)24-16-5-2-13(12-22-16)25-10-8-20-7-6-17(25)26/h2-5,9,11-12,20H,6-8,10H2,1H3,(H,22,23,24). The van der Waals surface area contributed by atoms with Gasteiger partial charge in [0, 0.05) is 37.6 Å². The number of pyridine rings is 2. The maximum absolute atomic E-state index is 12.2. The number of anilines is 3. The molecule has 0 aromatic carbocycles. The van der Waals surface area contributed by atoms with Crippen molar-refractivity contribution >= 4 is 34.6 Å². The van der Waals surface area contributed by atoms with Crippen molar-refractivity contribution in [1.82, 2.24) is 20.3 Å². The van der Waals surface area contributed by atoms with Crippen LogP contribution in [-0.4, -0.2) is 47.6 Å². The van der Waals surface area contributed by atoms with Gasteiger partial charge in [0.1, 0.15) is 16.5 Å². The van der Waals surface area contributed by atoms with Crippen LogP contribution in [-0.2, 0) is 4.79 Å². The SMILES string of the molecule is COc1ccc(-c2nccs2)nc1Nc1ccc(N2CCNCCC2=O)cn1. The molecule has 0 unspecified atom stereocenters. The molecule has 4 heterocycles. The molecule has 0 aliphatic carbocycles. The Morgan fingerprint density at radius 2 is 2.14 bits per heavy atom. The van der Waals surface area contributed by atoms with Gasteiger partial charge in [0.25, 0.3) is 0 Å². The number of methoxy groups -OCH3 is 1. The molecule has 8 nitrogen and oxygen atoms in total. The highest BCUT2D eigenvalue weighted by Crippen LogP contribution is 2.30. The Kier molecular flexibility index (Phi) is 5.45. The van der Waals surface area contributed by atoms with Crippen LogP contribution in [0.2, 0.25) is 0 Å². The van der Waals surface area contributed by atoms with Gasteiger partial charge in [-0.15, -0.1) is 11.3 Å². The molecular formula is C19H20N6O2S. The van der Waals surface area contributed by atoms with Gasteiger partial charge in [-0.2, -0.15) is 0 Å². The molecule has 0 bridgehead atoms. The van der Waals surface area contributed by atoms with E-state index in [1.54, 1.807) is 24.4 Å². The summed E-state index contributed by atoms with van der Waals surface area (Å²) in [5.74, 6) is 1.89. The number of nitrogens with zero attached hydrogens (tertiary/aromatic N) is 4. The quantitative estimate of drug-likeness (QED) is 0.685. The summed E-state index contributed by atoms with van der Waals surface area (Å²) in [7, 11) is 1.60. The highest BCUT2D eigenvalue weighted by Gasteiger charge is 2.18. The predicted octanol–water partition coefficient (Wildman–Crippen LogP) is 2.68. The fourth-order valence-corrected chi connectivity index (χ4v) is 3.56. The first-order valence-corrected chi connectivity index (χ1v) is 9.81. The van der Waals surface area contributed by atoms with Crippen molar-refractivity contribution in [3.8, 4) is 16.5 Å². The molecule has 1 fully saturated rings. The van der Waals surface area contributed by atoms with Gasteiger partial charge >= 0.3 is 0 Å². The minimum atomic E-state index is 0.104. The van der Waals surface area contributed by atoms with E-state index < -0.39 is 0 Å². The smallest absolute Gasteiger partial charge is 0.228 e. The molecule has 1 saturated heterocycles. The monoisotopic (exact) mass is 396 g/mol. The number of nitrogens with one attached hydrogen (secondary N) is 2. The molecule has 9 heteroatoms. The van der Waals surface area contributed by atoms with E-state index in [1.165, 1.54) is 11.3 Å². The van der Waals surface area contributed by atoms with E-state index >= 15 is 0 Å². The maximum Gasteiger partial charge on any atom is 0.228 e. The van der Waals surface area contributed by atoms with Crippen LogP contribution in [0.1, 0.15) is 6.42 Å².